The van der Waals surface area contributed by atoms with Gasteiger partial charge in [-0.1, -0.05) is 79.1 Å². The largest absolute Gasteiger partial charge is 0.300 e. The predicted octanol–water partition coefficient (Wildman–Crippen LogP) is 6.40. The monoisotopic (exact) mass is 282 g/mol. The highest BCUT2D eigenvalue weighted by Gasteiger charge is 2.06. The molecule has 0 fully saturated rings. The second-order valence-corrected chi connectivity index (χ2v) is 7.41. The van der Waals surface area contributed by atoms with Crippen molar-refractivity contribution < 1.29 is 4.79 Å². The van der Waals surface area contributed by atoms with Gasteiger partial charge in [0.1, 0.15) is 5.78 Å². The van der Waals surface area contributed by atoms with Gasteiger partial charge in [-0.05, 0) is 31.1 Å². The maximum atomic E-state index is 10.9. The molecule has 0 amide bonds. The summed E-state index contributed by atoms with van der Waals surface area (Å²) in [6, 6.07) is 0. The molecule has 0 heterocycles. The van der Waals surface area contributed by atoms with Gasteiger partial charge >= 0.3 is 0 Å². The van der Waals surface area contributed by atoms with Crippen molar-refractivity contribution in [2.75, 3.05) is 0 Å². The molecule has 1 nitrogen and oxygen atoms in total. The van der Waals surface area contributed by atoms with E-state index in [0.717, 1.165) is 30.6 Å². The highest BCUT2D eigenvalue weighted by atomic mass is 16.1. The molecular formula is C19H38O. The number of unbranched alkanes of at least 4 members (excludes halogenated alkanes) is 1. The number of hydrogen-bond donors (Lipinski definition) is 0. The Morgan fingerprint density at radius 1 is 0.700 bits per heavy atom. The molecule has 0 aliphatic heterocycles. The summed E-state index contributed by atoms with van der Waals surface area (Å²) < 4.78 is 0. The standard InChI is InChI=1S/C19H38O/c1-16(2)10-8-12-18(4)14-9-13-17(3)11-6-7-15-19(5)20/h16-18H,6-15H2,1-5H3. The van der Waals surface area contributed by atoms with Crippen LogP contribution >= 0.6 is 0 Å². The third-order valence-corrected chi connectivity index (χ3v) is 4.35. The first-order chi connectivity index (χ1) is 9.41. The normalized spacial score (nSPS) is 14.5. The molecule has 1 heteroatoms. The summed E-state index contributed by atoms with van der Waals surface area (Å²) in [6.45, 7) is 11.1. The van der Waals surface area contributed by atoms with Gasteiger partial charge in [-0.25, -0.2) is 0 Å². The molecule has 0 saturated heterocycles. The third kappa shape index (κ3) is 14.1. The van der Waals surface area contributed by atoms with E-state index in [9.17, 15) is 4.79 Å². The minimum atomic E-state index is 0.341. The average Bonchev–Trinajstić information content (AvgIpc) is 2.34. The van der Waals surface area contributed by atoms with Gasteiger partial charge in [0.2, 0.25) is 0 Å². The van der Waals surface area contributed by atoms with E-state index >= 15 is 0 Å². The fourth-order valence-corrected chi connectivity index (χ4v) is 2.84. The van der Waals surface area contributed by atoms with Crippen molar-refractivity contribution >= 4 is 5.78 Å². The molecule has 20 heavy (non-hydrogen) atoms. The summed E-state index contributed by atoms with van der Waals surface area (Å²) in [5.74, 6) is 2.94. The lowest BCUT2D eigenvalue weighted by Gasteiger charge is -2.15. The molecule has 0 radical (unpaired) electrons. The Morgan fingerprint density at radius 2 is 1.15 bits per heavy atom. The number of carbonyl (C=O) groups excluding carboxylic acids is 1. The number of carbonyl (C=O) groups is 1. The van der Waals surface area contributed by atoms with Crippen LogP contribution in [0.25, 0.3) is 0 Å². The topological polar surface area (TPSA) is 17.1 Å². The molecule has 0 aromatic rings. The maximum absolute atomic E-state index is 10.9. The van der Waals surface area contributed by atoms with Gasteiger partial charge in [-0.3, -0.25) is 0 Å². The van der Waals surface area contributed by atoms with Crippen LogP contribution in [0.4, 0.5) is 0 Å². The van der Waals surface area contributed by atoms with Crippen LogP contribution in [0.15, 0.2) is 0 Å². The average molecular weight is 283 g/mol. The highest BCUT2D eigenvalue weighted by Crippen LogP contribution is 2.21. The molecule has 0 aliphatic rings. The lowest BCUT2D eigenvalue weighted by Crippen LogP contribution is -2.00. The van der Waals surface area contributed by atoms with Crippen molar-refractivity contribution in [3.8, 4) is 0 Å². The molecule has 0 aliphatic carbocycles. The van der Waals surface area contributed by atoms with Gasteiger partial charge in [0.05, 0.1) is 0 Å². The summed E-state index contributed by atoms with van der Waals surface area (Å²) in [5.41, 5.74) is 0. The number of rotatable bonds is 13. The number of Topliss-reactive ketones (excluding diaryl/α,β-unsaturated/α-hetero) is 1. The van der Waals surface area contributed by atoms with Crippen LogP contribution in [-0.2, 0) is 4.79 Å². The molecule has 120 valence electrons. The van der Waals surface area contributed by atoms with Crippen molar-refractivity contribution in [2.45, 2.75) is 98.8 Å². The molecule has 0 aromatic heterocycles. The van der Waals surface area contributed by atoms with Gasteiger partial charge in [-0.15, -0.1) is 0 Å². The van der Waals surface area contributed by atoms with Crippen LogP contribution in [0.3, 0.4) is 0 Å². The van der Waals surface area contributed by atoms with Gasteiger partial charge < -0.3 is 4.79 Å². The minimum Gasteiger partial charge on any atom is -0.300 e. The molecule has 0 spiro atoms. The van der Waals surface area contributed by atoms with Crippen LogP contribution in [0.2, 0.25) is 0 Å². The molecule has 0 aromatic carbocycles. The first kappa shape index (κ1) is 19.7. The van der Waals surface area contributed by atoms with Crippen molar-refractivity contribution in [3.63, 3.8) is 0 Å². The van der Waals surface area contributed by atoms with Crippen molar-refractivity contribution in [1.82, 2.24) is 0 Å². The first-order valence-corrected chi connectivity index (χ1v) is 8.91. The number of ketones is 1. The first-order valence-electron chi connectivity index (χ1n) is 8.91. The van der Waals surface area contributed by atoms with Gasteiger partial charge in [0.25, 0.3) is 0 Å². The van der Waals surface area contributed by atoms with Crippen molar-refractivity contribution in [2.24, 2.45) is 17.8 Å². The Balaban J connectivity index is 3.41. The van der Waals surface area contributed by atoms with Crippen molar-refractivity contribution in [1.29, 1.82) is 0 Å². The lowest BCUT2D eigenvalue weighted by molar-refractivity contribution is -0.117. The minimum absolute atomic E-state index is 0.341. The molecule has 2 atom stereocenters. The number of hydrogen-bond acceptors (Lipinski definition) is 1. The summed E-state index contributed by atoms with van der Waals surface area (Å²) >= 11 is 0. The van der Waals surface area contributed by atoms with Crippen LogP contribution < -0.4 is 0 Å². The Hall–Kier alpha value is -0.330. The second kappa shape index (κ2) is 12.4. The summed E-state index contributed by atoms with van der Waals surface area (Å²) in [7, 11) is 0. The maximum Gasteiger partial charge on any atom is 0.129 e. The van der Waals surface area contributed by atoms with E-state index in [1.165, 1.54) is 51.4 Å². The van der Waals surface area contributed by atoms with Crippen molar-refractivity contribution in [3.05, 3.63) is 0 Å². The van der Waals surface area contributed by atoms with E-state index < -0.39 is 0 Å². The Bertz CT molecular complexity index is 232. The van der Waals surface area contributed by atoms with E-state index in [4.69, 9.17) is 0 Å². The highest BCUT2D eigenvalue weighted by molar-refractivity contribution is 5.75. The Morgan fingerprint density at radius 3 is 1.60 bits per heavy atom. The summed E-state index contributed by atoms with van der Waals surface area (Å²) in [4.78, 5) is 10.9. The zero-order valence-electron chi connectivity index (χ0n) is 14.7. The fraction of sp³-hybridized carbons (Fsp3) is 0.947. The van der Waals surface area contributed by atoms with Gasteiger partial charge in [0.15, 0.2) is 0 Å². The van der Waals surface area contributed by atoms with E-state index in [1.807, 2.05) is 0 Å². The predicted molar refractivity (Wildman–Crippen MR) is 90.0 cm³/mol. The molecule has 0 N–H and O–H groups in total. The molecule has 0 rings (SSSR count). The molecule has 0 bridgehead atoms. The van der Waals surface area contributed by atoms with E-state index in [0.29, 0.717) is 5.78 Å². The summed E-state index contributed by atoms with van der Waals surface area (Å²) in [5, 5.41) is 0. The third-order valence-electron chi connectivity index (χ3n) is 4.35. The molecular weight excluding hydrogens is 244 g/mol. The van der Waals surface area contributed by atoms with Gasteiger partial charge in [-0.2, -0.15) is 0 Å². The van der Waals surface area contributed by atoms with Crippen LogP contribution in [0.1, 0.15) is 98.8 Å². The van der Waals surface area contributed by atoms with Crippen LogP contribution in [0.5, 0.6) is 0 Å². The zero-order chi connectivity index (χ0) is 15.4. The van der Waals surface area contributed by atoms with E-state index in [2.05, 4.69) is 27.7 Å². The van der Waals surface area contributed by atoms with E-state index in [-0.39, 0.29) is 0 Å². The Kier molecular flexibility index (Phi) is 12.2. The fourth-order valence-electron chi connectivity index (χ4n) is 2.84. The smallest absolute Gasteiger partial charge is 0.129 e. The van der Waals surface area contributed by atoms with E-state index in [1.54, 1.807) is 6.92 Å². The van der Waals surface area contributed by atoms with Crippen LogP contribution in [0, 0.1) is 17.8 Å². The van der Waals surface area contributed by atoms with Crippen LogP contribution in [-0.4, -0.2) is 5.78 Å². The second-order valence-electron chi connectivity index (χ2n) is 7.41. The lowest BCUT2D eigenvalue weighted by atomic mass is 9.92. The SMILES string of the molecule is CC(=O)CCCCC(C)CCCC(C)CCCC(C)C. The molecule has 0 saturated carbocycles. The Labute approximate surface area is 127 Å². The van der Waals surface area contributed by atoms with Gasteiger partial charge in [0, 0.05) is 6.42 Å². The zero-order valence-corrected chi connectivity index (χ0v) is 14.7. The quantitative estimate of drug-likeness (QED) is 0.357. The molecule has 2 unspecified atom stereocenters. The summed E-state index contributed by atoms with van der Waals surface area (Å²) in [6.07, 6.45) is 12.7.